The number of ether oxygens (including phenoxy) is 1. The maximum absolute atomic E-state index is 5.89. The standard InChI is InChI=1S/C12H24O2Si/c1-9(14-15(2)3)4-5-10-6-7-11-12(8-10)13-11/h9-12,15H,4-8H2,1-3H3. The van der Waals surface area contributed by atoms with Crippen molar-refractivity contribution >= 4 is 9.04 Å². The van der Waals surface area contributed by atoms with Gasteiger partial charge < -0.3 is 9.16 Å². The van der Waals surface area contributed by atoms with Gasteiger partial charge in [0.2, 0.25) is 0 Å². The Labute approximate surface area is 95.1 Å². The fraction of sp³-hybridized carbons (Fsp3) is 1.00. The highest BCUT2D eigenvalue weighted by Gasteiger charge is 2.43. The highest BCUT2D eigenvalue weighted by atomic mass is 28.3. The van der Waals surface area contributed by atoms with Crippen molar-refractivity contribution in [1.29, 1.82) is 0 Å². The van der Waals surface area contributed by atoms with E-state index in [1.54, 1.807) is 0 Å². The second-order valence-corrected chi connectivity index (χ2v) is 7.83. The van der Waals surface area contributed by atoms with Crippen LogP contribution < -0.4 is 0 Å². The Morgan fingerprint density at radius 2 is 2.13 bits per heavy atom. The van der Waals surface area contributed by atoms with Gasteiger partial charge in [-0.3, -0.25) is 0 Å². The third-order valence-corrected chi connectivity index (χ3v) is 4.61. The minimum Gasteiger partial charge on any atom is -0.418 e. The summed E-state index contributed by atoms with van der Waals surface area (Å²) >= 11 is 0. The fourth-order valence-electron chi connectivity index (χ4n) is 2.75. The quantitative estimate of drug-likeness (QED) is 0.533. The van der Waals surface area contributed by atoms with Crippen LogP contribution in [-0.4, -0.2) is 27.4 Å². The van der Waals surface area contributed by atoms with Crippen molar-refractivity contribution < 1.29 is 9.16 Å². The Hall–Kier alpha value is 0.137. The minimum absolute atomic E-state index is 0.481. The van der Waals surface area contributed by atoms with Crippen molar-refractivity contribution in [2.75, 3.05) is 0 Å². The van der Waals surface area contributed by atoms with Crippen molar-refractivity contribution in [3.8, 4) is 0 Å². The van der Waals surface area contributed by atoms with Crippen LogP contribution in [0.25, 0.3) is 0 Å². The zero-order chi connectivity index (χ0) is 10.8. The number of rotatable bonds is 5. The van der Waals surface area contributed by atoms with Gasteiger partial charge in [-0.05, 0) is 58.0 Å². The normalized spacial score (nSPS) is 36.4. The van der Waals surface area contributed by atoms with Gasteiger partial charge >= 0.3 is 0 Å². The molecule has 1 saturated carbocycles. The van der Waals surface area contributed by atoms with Crippen LogP contribution in [0.2, 0.25) is 13.1 Å². The predicted octanol–water partition coefficient (Wildman–Crippen LogP) is 2.72. The van der Waals surface area contributed by atoms with Crippen LogP contribution in [0, 0.1) is 5.92 Å². The SMILES string of the molecule is CC(CCC1CCC2OC2C1)O[SiH](C)C. The van der Waals surface area contributed by atoms with E-state index in [-0.39, 0.29) is 0 Å². The lowest BCUT2D eigenvalue weighted by molar-refractivity contribution is 0.195. The molecule has 1 aliphatic carbocycles. The summed E-state index contributed by atoms with van der Waals surface area (Å²) in [5.74, 6) is 0.911. The Kier molecular flexibility index (Phi) is 3.86. The third-order valence-electron chi connectivity index (χ3n) is 3.60. The maximum atomic E-state index is 5.89. The zero-order valence-electron chi connectivity index (χ0n) is 10.2. The van der Waals surface area contributed by atoms with Gasteiger partial charge in [0, 0.05) is 6.10 Å². The molecule has 2 rings (SSSR count). The van der Waals surface area contributed by atoms with E-state index in [2.05, 4.69) is 20.0 Å². The van der Waals surface area contributed by atoms with Crippen LogP contribution in [0.1, 0.15) is 39.0 Å². The number of hydrogen-bond acceptors (Lipinski definition) is 2. The summed E-state index contributed by atoms with van der Waals surface area (Å²) < 4.78 is 11.4. The van der Waals surface area contributed by atoms with Gasteiger partial charge in [-0.25, -0.2) is 0 Å². The van der Waals surface area contributed by atoms with E-state index in [0.29, 0.717) is 18.3 Å². The summed E-state index contributed by atoms with van der Waals surface area (Å²) in [4.78, 5) is 0. The number of fused-ring (bicyclic) bond motifs is 1. The van der Waals surface area contributed by atoms with Crippen LogP contribution in [0.5, 0.6) is 0 Å². The van der Waals surface area contributed by atoms with Gasteiger partial charge in [0.25, 0.3) is 0 Å². The summed E-state index contributed by atoms with van der Waals surface area (Å²) in [5, 5.41) is 0. The van der Waals surface area contributed by atoms with E-state index in [4.69, 9.17) is 9.16 Å². The lowest BCUT2D eigenvalue weighted by Crippen LogP contribution is -2.20. The second-order valence-electron chi connectivity index (χ2n) is 5.46. The highest BCUT2D eigenvalue weighted by molar-refractivity contribution is 6.48. The molecular weight excluding hydrogens is 204 g/mol. The largest absolute Gasteiger partial charge is 0.418 e. The lowest BCUT2D eigenvalue weighted by atomic mass is 9.85. The molecule has 0 N–H and O–H groups in total. The monoisotopic (exact) mass is 228 g/mol. The molecule has 0 bridgehead atoms. The molecule has 1 saturated heterocycles. The molecule has 0 radical (unpaired) electrons. The first-order chi connectivity index (χ1) is 7.15. The molecule has 1 aliphatic heterocycles. The van der Waals surface area contributed by atoms with Crippen molar-refractivity contribution in [2.45, 2.75) is 70.4 Å². The molecule has 2 fully saturated rings. The summed E-state index contributed by atoms with van der Waals surface area (Å²) in [6.07, 6.45) is 8.36. The molecule has 0 amide bonds. The molecule has 4 unspecified atom stereocenters. The van der Waals surface area contributed by atoms with Gasteiger partial charge in [0.05, 0.1) is 12.2 Å². The van der Waals surface area contributed by atoms with Crippen molar-refractivity contribution in [3.05, 3.63) is 0 Å². The minimum atomic E-state index is -0.831. The Morgan fingerprint density at radius 1 is 1.33 bits per heavy atom. The smallest absolute Gasteiger partial charge is 0.171 e. The molecule has 2 aliphatic rings. The van der Waals surface area contributed by atoms with Crippen molar-refractivity contribution in [1.82, 2.24) is 0 Å². The molecule has 15 heavy (non-hydrogen) atoms. The third kappa shape index (κ3) is 3.57. The van der Waals surface area contributed by atoms with Crippen molar-refractivity contribution in [2.24, 2.45) is 5.92 Å². The van der Waals surface area contributed by atoms with Crippen LogP contribution in [-0.2, 0) is 9.16 Å². The van der Waals surface area contributed by atoms with E-state index in [0.717, 1.165) is 5.92 Å². The lowest BCUT2D eigenvalue weighted by Gasteiger charge is -2.22. The maximum Gasteiger partial charge on any atom is 0.171 e. The first-order valence-electron chi connectivity index (χ1n) is 6.46. The molecule has 1 heterocycles. The Bertz CT molecular complexity index is 208. The first-order valence-corrected chi connectivity index (χ1v) is 9.24. The summed E-state index contributed by atoms with van der Waals surface area (Å²) in [6, 6.07) is 0. The molecule has 0 aromatic heterocycles. The van der Waals surface area contributed by atoms with Gasteiger partial charge in [-0.2, -0.15) is 0 Å². The van der Waals surface area contributed by atoms with Gasteiger partial charge in [0.1, 0.15) is 0 Å². The zero-order valence-corrected chi connectivity index (χ0v) is 11.4. The number of epoxide rings is 1. The van der Waals surface area contributed by atoms with Gasteiger partial charge in [-0.1, -0.05) is 0 Å². The van der Waals surface area contributed by atoms with Crippen molar-refractivity contribution in [3.63, 3.8) is 0 Å². The average Bonchev–Trinajstić information content (AvgIpc) is 2.91. The highest BCUT2D eigenvalue weighted by Crippen LogP contribution is 2.41. The van der Waals surface area contributed by atoms with E-state index >= 15 is 0 Å². The van der Waals surface area contributed by atoms with E-state index in [9.17, 15) is 0 Å². The van der Waals surface area contributed by atoms with Gasteiger partial charge in [0.15, 0.2) is 9.04 Å². The fourth-order valence-corrected chi connectivity index (χ4v) is 3.82. The van der Waals surface area contributed by atoms with Crippen LogP contribution in [0.3, 0.4) is 0 Å². The van der Waals surface area contributed by atoms with Gasteiger partial charge in [-0.15, -0.1) is 0 Å². The molecular formula is C12H24O2Si. The molecule has 88 valence electrons. The van der Waals surface area contributed by atoms with Crippen LogP contribution in [0.4, 0.5) is 0 Å². The molecule has 0 spiro atoms. The molecule has 3 heteroatoms. The predicted molar refractivity (Wildman–Crippen MR) is 64.7 cm³/mol. The number of hydrogen-bond donors (Lipinski definition) is 0. The molecule has 0 aromatic carbocycles. The summed E-state index contributed by atoms with van der Waals surface area (Å²) in [5.41, 5.74) is 0. The second kappa shape index (κ2) is 4.98. The molecule has 4 atom stereocenters. The molecule has 0 aromatic rings. The molecule has 2 nitrogen and oxygen atoms in total. The summed E-state index contributed by atoms with van der Waals surface area (Å²) in [7, 11) is -0.831. The Balaban J connectivity index is 1.60. The van der Waals surface area contributed by atoms with Crippen LogP contribution in [0.15, 0.2) is 0 Å². The van der Waals surface area contributed by atoms with E-state index in [1.165, 1.54) is 32.1 Å². The van der Waals surface area contributed by atoms with E-state index in [1.807, 2.05) is 0 Å². The van der Waals surface area contributed by atoms with Crippen LogP contribution >= 0.6 is 0 Å². The first kappa shape index (κ1) is 11.6. The Morgan fingerprint density at radius 3 is 2.80 bits per heavy atom. The summed E-state index contributed by atoms with van der Waals surface area (Å²) in [6.45, 7) is 6.73. The average molecular weight is 228 g/mol. The van der Waals surface area contributed by atoms with E-state index < -0.39 is 9.04 Å². The topological polar surface area (TPSA) is 21.8 Å².